The highest BCUT2D eigenvalue weighted by Gasteiger charge is 2.11. The topological polar surface area (TPSA) is 48.4 Å². The van der Waals surface area contributed by atoms with Crippen LogP contribution in [0.4, 0.5) is 0 Å². The second-order valence-corrected chi connectivity index (χ2v) is 3.82. The van der Waals surface area contributed by atoms with Crippen LogP contribution in [-0.2, 0) is 9.47 Å². The predicted octanol–water partition coefficient (Wildman–Crippen LogP) is 2.32. The van der Waals surface area contributed by atoms with Gasteiger partial charge in [-0.1, -0.05) is 11.6 Å². The number of carbonyl (C=O) groups excluding carboxylic acids is 1. The lowest BCUT2D eigenvalue weighted by atomic mass is 10.3. The Labute approximate surface area is 99.5 Å². The zero-order chi connectivity index (χ0) is 12.0. The Morgan fingerprint density at radius 2 is 2.25 bits per heavy atom. The van der Waals surface area contributed by atoms with E-state index in [4.69, 9.17) is 21.1 Å². The number of carbonyl (C=O) groups is 1. The van der Waals surface area contributed by atoms with Gasteiger partial charge in [0.1, 0.15) is 6.61 Å². The lowest BCUT2D eigenvalue weighted by Crippen LogP contribution is -2.14. The molecule has 88 valence electrons. The molecule has 4 nitrogen and oxygen atoms in total. The number of halogens is 1. The number of hydrogen-bond acceptors (Lipinski definition) is 4. The fraction of sp³-hybridized carbons (Fsp3) is 0.455. The van der Waals surface area contributed by atoms with Crippen LogP contribution in [0.25, 0.3) is 0 Å². The quantitative estimate of drug-likeness (QED) is 0.588. The van der Waals surface area contributed by atoms with Crippen molar-refractivity contribution in [2.75, 3.05) is 13.2 Å². The Morgan fingerprint density at radius 1 is 1.50 bits per heavy atom. The average molecular weight is 244 g/mol. The van der Waals surface area contributed by atoms with Crippen LogP contribution in [-0.4, -0.2) is 30.3 Å². The van der Waals surface area contributed by atoms with Gasteiger partial charge in [0.2, 0.25) is 0 Å². The molecule has 0 amide bonds. The Hall–Kier alpha value is -1.13. The monoisotopic (exact) mass is 243 g/mol. The third-order valence-electron chi connectivity index (χ3n) is 1.76. The number of pyridine rings is 1. The first-order valence-corrected chi connectivity index (χ1v) is 5.37. The van der Waals surface area contributed by atoms with Gasteiger partial charge in [-0.25, -0.2) is 4.79 Å². The molecular weight excluding hydrogens is 230 g/mol. The van der Waals surface area contributed by atoms with Crippen molar-refractivity contribution in [3.8, 4) is 0 Å². The molecule has 1 aromatic rings. The first-order chi connectivity index (χ1) is 7.61. The largest absolute Gasteiger partial charge is 0.460 e. The van der Waals surface area contributed by atoms with Crippen LogP contribution in [0.5, 0.6) is 0 Å². The smallest absolute Gasteiger partial charge is 0.341 e. The summed E-state index contributed by atoms with van der Waals surface area (Å²) < 4.78 is 10.2. The molecule has 0 fully saturated rings. The molecule has 0 saturated heterocycles. The Morgan fingerprint density at radius 3 is 2.88 bits per heavy atom. The zero-order valence-corrected chi connectivity index (χ0v) is 10.0. The van der Waals surface area contributed by atoms with Gasteiger partial charge in [0.05, 0.1) is 23.3 Å². The molecule has 1 heterocycles. The van der Waals surface area contributed by atoms with Crippen molar-refractivity contribution in [3.63, 3.8) is 0 Å². The van der Waals surface area contributed by atoms with Crippen molar-refractivity contribution in [2.24, 2.45) is 0 Å². The maximum Gasteiger partial charge on any atom is 0.341 e. The van der Waals surface area contributed by atoms with Gasteiger partial charge in [-0.05, 0) is 19.9 Å². The van der Waals surface area contributed by atoms with E-state index < -0.39 is 5.97 Å². The van der Waals surface area contributed by atoms with E-state index in [1.54, 1.807) is 6.07 Å². The molecule has 0 unspecified atom stereocenters. The molecule has 5 heteroatoms. The first-order valence-electron chi connectivity index (χ1n) is 4.99. The lowest BCUT2D eigenvalue weighted by Gasteiger charge is -2.08. The van der Waals surface area contributed by atoms with Gasteiger partial charge in [0.15, 0.2) is 0 Å². The minimum atomic E-state index is -0.481. The Balaban J connectivity index is 2.39. The van der Waals surface area contributed by atoms with Crippen LogP contribution in [0, 0.1) is 0 Å². The minimum absolute atomic E-state index is 0.126. The van der Waals surface area contributed by atoms with Crippen molar-refractivity contribution < 1.29 is 14.3 Å². The predicted molar refractivity (Wildman–Crippen MR) is 60.6 cm³/mol. The summed E-state index contributed by atoms with van der Waals surface area (Å²) in [6.45, 7) is 4.42. The van der Waals surface area contributed by atoms with Crippen LogP contribution in [0.3, 0.4) is 0 Å². The summed E-state index contributed by atoms with van der Waals surface area (Å²) >= 11 is 5.81. The van der Waals surface area contributed by atoms with E-state index in [9.17, 15) is 4.79 Å². The van der Waals surface area contributed by atoms with Gasteiger partial charge in [-0.2, -0.15) is 0 Å². The van der Waals surface area contributed by atoms with Crippen LogP contribution >= 0.6 is 11.6 Å². The number of esters is 1. The van der Waals surface area contributed by atoms with Crippen molar-refractivity contribution in [3.05, 3.63) is 29.0 Å². The van der Waals surface area contributed by atoms with Crippen LogP contribution in [0.1, 0.15) is 24.2 Å². The molecular formula is C11H14ClNO3. The standard InChI is InChI=1S/C11H14ClNO3/c1-8(2)15-5-6-16-11(14)9-7-13-4-3-10(9)12/h3-4,7-8H,5-6H2,1-2H3. The molecule has 0 aliphatic heterocycles. The summed E-state index contributed by atoms with van der Waals surface area (Å²) in [5.41, 5.74) is 0.272. The second-order valence-electron chi connectivity index (χ2n) is 3.41. The normalized spacial score (nSPS) is 10.5. The summed E-state index contributed by atoms with van der Waals surface area (Å²) in [5, 5.41) is 0.338. The van der Waals surface area contributed by atoms with Gasteiger partial charge in [0, 0.05) is 12.4 Å². The molecule has 0 aliphatic rings. The van der Waals surface area contributed by atoms with Crippen molar-refractivity contribution in [1.82, 2.24) is 4.98 Å². The molecule has 0 radical (unpaired) electrons. The Bertz CT molecular complexity index is 355. The minimum Gasteiger partial charge on any atom is -0.460 e. The zero-order valence-electron chi connectivity index (χ0n) is 9.27. The first kappa shape index (κ1) is 12.9. The molecule has 16 heavy (non-hydrogen) atoms. The van der Waals surface area contributed by atoms with Gasteiger partial charge in [0.25, 0.3) is 0 Å². The fourth-order valence-electron chi connectivity index (χ4n) is 1.02. The number of aromatic nitrogens is 1. The molecule has 0 aliphatic carbocycles. The third kappa shape index (κ3) is 4.16. The van der Waals surface area contributed by atoms with E-state index in [1.165, 1.54) is 12.4 Å². The van der Waals surface area contributed by atoms with E-state index in [0.29, 0.717) is 11.6 Å². The summed E-state index contributed by atoms with van der Waals surface area (Å²) in [6.07, 6.45) is 3.02. The van der Waals surface area contributed by atoms with Gasteiger partial charge in [-0.15, -0.1) is 0 Å². The number of rotatable bonds is 5. The number of ether oxygens (including phenoxy) is 2. The summed E-state index contributed by atoms with van der Waals surface area (Å²) in [5.74, 6) is -0.481. The third-order valence-corrected chi connectivity index (χ3v) is 2.09. The van der Waals surface area contributed by atoms with Crippen molar-refractivity contribution >= 4 is 17.6 Å². The summed E-state index contributed by atoms with van der Waals surface area (Å²) in [6, 6.07) is 1.54. The maximum atomic E-state index is 11.5. The molecule has 0 saturated carbocycles. The summed E-state index contributed by atoms with van der Waals surface area (Å²) in [7, 11) is 0. The highest BCUT2D eigenvalue weighted by molar-refractivity contribution is 6.33. The molecule has 0 aromatic carbocycles. The highest BCUT2D eigenvalue weighted by atomic mass is 35.5. The van der Waals surface area contributed by atoms with Gasteiger partial charge >= 0.3 is 5.97 Å². The van der Waals surface area contributed by atoms with Crippen molar-refractivity contribution in [1.29, 1.82) is 0 Å². The molecule has 1 aromatic heterocycles. The van der Waals surface area contributed by atoms with E-state index >= 15 is 0 Å². The number of nitrogens with zero attached hydrogens (tertiary/aromatic N) is 1. The second kappa shape index (κ2) is 6.45. The number of hydrogen-bond donors (Lipinski definition) is 0. The molecule has 0 N–H and O–H groups in total. The van der Waals surface area contributed by atoms with Crippen LogP contribution in [0.2, 0.25) is 5.02 Å². The maximum absolute atomic E-state index is 11.5. The fourth-order valence-corrected chi connectivity index (χ4v) is 1.21. The average Bonchev–Trinajstić information content (AvgIpc) is 2.24. The van der Waals surface area contributed by atoms with E-state index in [-0.39, 0.29) is 18.3 Å². The molecule has 1 rings (SSSR count). The molecule has 0 atom stereocenters. The van der Waals surface area contributed by atoms with Crippen molar-refractivity contribution in [2.45, 2.75) is 20.0 Å². The Kier molecular flexibility index (Phi) is 5.22. The lowest BCUT2D eigenvalue weighted by molar-refractivity contribution is 0.0177. The van der Waals surface area contributed by atoms with E-state index in [2.05, 4.69) is 4.98 Å². The van der Waals surface area contributed by atoms with Crippen LogP contribution in [0.15, 0.2) is 18.5 Å². The SMILES string of the molecule is CC(C)OCCOC(=O)c1cnccc1Cl. The molecule has 0 bridgehead atoms. The van der Waals surface area contributed by atoms with Gasteiger partial charge in [-0.3, -0.25) is 4.98 Å². The van der Waals surface area contributed by atoms with E-state index in [0.717, 1.165) is 0 Å². The van der Waals surface area contributed by atoms with E-state index in [1.807, 2.05) is 13.8 Å². The summed E-state index contributed by atoms with van der Waals surface area (Å²) in [4.78, 5) is 15.3. The highest BCUT2D eigenvalue weighted by Crippen LogP contribution is 2.14. The van der Waals surface area contributed by atoms with Gasteiger partial charge < -0.3 is 9.47 Å². The molecule has 0 spiro atoms. The van der Waals surface area contributed by atoms with Crippen LogP contribution < -0.4 is 0 Å².